The molecule has 3 heterocycles. The molecule has 1 N–H and O–H groups in total. The Morgan fingerprint density at radius 3 is 2.68 bits per heavy atom. The van der Waals surface area contributed by atoms with Crippen LogP contribution in [0.25, 0.3) is 22.2 Å². The molecular formula is C24H19ClN4O4S. The van der Waals surface area contributed by atoms with Gasteiger partial charge in [-0.25, -0.2) is 13.4 Å². The first-order chi connectivity index (χ1) is 16.4. The van der Waals surface area contributed by atoms with Gasteiger partial charge in [-0.05, 0) is 60.7 Å². The number of amides is 1. The van der Waals surface area contributed by atoms with Crippen LogP contribution in [0.1, 0.15) is 10.4 Å². The van der Waals surface area contributed by atoms with Crippen LogP contribution < -0.4 is 9.62 Å². The van der Waals surface area contributed by atoms with Crippen molar-refractivity contribution < 1.29 is 17.9 Å². The van der Waals surface area contributed by atoms with E-state index in [0.717, 1.165) is 10.9 Å². The minimum absolute atomic E-state index is 0.237. The number of hydrogen-bond acceptors (Lipinski definition) is 6. The van der Waals surface area contributed by atoms with Crippen molar-refractivity contribution in [2.45, 2.75) is 0 Å². The van der Waals surface area contributed by atoms with Crippen molar-refractivity contribution in [2.75, 3.05) is 28.7 Å². The number of benzene rings is 2. The fraction of sp³-hybridized carbons (Fsp3) is 0.125. The summed E-state index contributed by atoms with van der Waals surface area (Å²) in [6, 6.07) is 17.2. The van der Waals surface area contributed by atoms with Crippen LogP contribution in [0.4, 0.5) is 11.4 Å². The van der Waals surface area contributed by atoms with Gasteiger partial charge in [0, 0.05) is 34.6 Å². The van der Waals surface area contributed by atoms with Crippen molar-refractivity contribution in [3.8, 4) is 11.3 Å². The first-order valence-electron chi connectivity index (χ1n) is 10.4. The summed E-state index contributed by atoms with van der Waals surface area (Å²) in [6.07, 6.45) is 3.42. The molecule has 2 aromatic heterocycles. The molecule has 0 unspecified atom stereocenters. The molecule has 1 amide bonds. The molecule has 0 bridgehead atoms. The van der Waals surface area contributed by atoms with E-state index in [4.69, 9.17) is 16.3 Å². The number of rotatable bonds is 4. The van der Waals surface area contributed by atoms with Crippen LogP contribution in [0.15, 0.2) is 73.1 Å². The maximum absolute atomic E-state index is 12.8. The van der Waals surface area contributed by atoms with Gasteiger partial charge in [0.1, 0.15) is 0 Å². The maximum atomic E-state index is 12.8. The predicted molar refractivity (Wildman–Crippen MR) is 131 cm³/mol. The Balaban J connectivity index is 1.36. The number of aromatic nitrogens is 2. The highest BCUT2D eigenvalue weighted by molar-refractivity contribution is 7.92. The van der Waals surface area contributed by atoms with Gasteiger partial charge in [-0.3, -0.25) is 14.1 Å². The van der Waals surface area contributed by atoms with Gasteiger partial charge in [-0.2, -0.15) is 0 Å². The molecule has 10 heteroatoms. The topological polar surface area (TPSA) is 101 Å². The second kappa shape index (κ2) is 9.02. The summed E-state index contributed by atoms with van der Waals surface area (Å²) in [5.74, 6) is -0.681. The zero-order valence-electron chi connectivity index (χ0n) is 17.8. The van der Waals surface area contributed by atoms with E-state index in [1.54, 1.807) is 54.9 Å². The van der Waals surface area contributed by atoms with Crippen molar-refractivity contribution in [1.29, 1.82) is 0 Å². The molecular weight excluding hydrogens is 476 g/mol. The van der Waals surface area contributed by atoms with Crippen LogP contribution >= 0.6 is 11.6 Å². The van der Waals surface area contributed by atoms with Gasteiger partial charge < -0.3 is 10.1 Å². The van der Waals surface area contributed by atoms with E-state index in [9.17, 15) is 13.2 Å². The van der Waals surface area contributed by atoms with Crippen molar-refractivity contribution >= 4 is 49.8 Å². The highest BCUT2D eigenvalue weighted by Crippen LogP contribution is 2.31. The van der Waals surface area contributed by atoms with E-state index in [0.29, 0.717) is 39.8 Å². The van der Waals surface area contributed by atoms with E-state index < -0.39 is 10.0 Å². The lowest BCUT2D eigenvalue weighted by molar-refractivity contribution is 0.102. The zero-order chi connectivity index (χ0) is 23.7. The van der Waals surface area contributed by atoms with E-state index in [1.165, 1.54) is 4.31 Å². The Labute approximate surface area is 201 Å². The predicted octanol–water partition coefficient (Wildman–Crippen LogP) is 4.33. The summed E-state index contributed by atoms with van der Waals surface area (Å²) < 4.78 is 30.7. The number of carbonyl (C=O) groups is 1. The first kappa shape index (κ1) is 22.3. The minimum atomic E-state index is -3.52. The van der Waals surface area contributed by atoms with Crippen LogP contribution in [-0.2, 0) is 14.8 Å². The van der Waals surface area contributed by atoms with Crippen LogP contribution in [0.5, 0.6) is 0 Å². The second-order valence-electron chi connectivity index (χ2n) is 7.67. The fourth-order valence-corrected chi connectivity index (χ4v) is 5.17. The minimum Gasteiger partial charge on any atom is -0.362 e. The summed E-state index contributed by atoms with van der Waals surface area (Å²) in [7, 11) is -3.52. The number of pyridine rings is 2. The molecule has 0 atom stereocenters. The second-order valence-corrected chi connectivity index (χ2v) is 9.92. The van der Waals surface area contributed by atoms with E-state index >= 15 is 0 Å². The number of sulfonamides is 1. The lowest BCUT2D eigenvalue weighted by Crippen LogP contribution is -2.41. The van der Waals surface area contributed by atoms with E-state index in [1.807, 2.05) is 18.2 Å². The quantitative estimate of drug-likeness (QED) is 0.453. The Kier molecular flexibility index (Phi) is 5.91. The number of anilines is 2. The van der Waals surface area contributed by atoms with Gasteiger partial charge in [0.05, 0.1) is 35.1 Å². The number of nitrogens with one attached hydrogen (secondary N) is 1. The Morgan fingerprint density at radius 2 is 1.88 bits per heavy atom. The summed E-state index contributed by atoms with van der Waals surface area (Å²) in [5.41, 5.74) is 3.59. The van der Waals surface area contributed by atoms with Gasteiger partial charge in [-0.15, -0.1) is 0 Å². The largest absolute Gasteiger partial charge is 0.362 e. The Hall–Kier alpha value is -3.53. The average molecular weight is 495 g/mol. The van der Waals surface area contributed by atoms with Crippen LogP contribution in [0.2, 0.25) is 5.02 Å². The summed E-state index contributed by atoms with van der Waals surface area (Å²) in [4.78, 5) is 21.6. The number of carbonyl (C=O) groups excluding carboxylic acids is 1. The highest BCUT2D eigenvalue weighted by atomic mass is 35.5. The smallest absolute Gasteiger partial charge is 0.259 e. The standard InChI is InChI=1S/C24H19ClN4O4S/c25-21-7-4-18(13-20(21)23-8-3-17-14-26-10-9-22(17)28-23)27-24(30)16-1-5-19(6-2-16)29-11-12-33-15-34(29,31)32/h1-10,13-14H,11-12,15H2,(H,27,30). The van der Waals surface area contributed by atoms with Crippen LogP contribution in [0.3, 0.4) is 0 Å². The van der Waals surface area contributed by atoms with Gasteiger partial charge in [0.15, 0.2) is 5.94 Å². The van der Waals surface area contributed by atoms with Crippen LogP contribution in [-0.4, -0.2) is 43.4 Å². The van der Waals surface area contributed by atoms with Gasteiger partial charge in [0.2, 0.25) is 0 Å². The summed E-state index contributed by atoms with van der Waals surface area (Å²) in [6.45, 7) is 0.560. The molecule has 1 aliphatic rings. The van der Waals surface area contributed by atoms with E-state index in [-0.39, 0.29) is 18.4 Å². The molecule has 0 aliphatic carbocycles. The average Bonchev–Trinajstić information content (AvgIpc) is 2.85. The summed E-state index contributed by atoms with van der Waals surface area (Å²) in [5, 5.41) is 4.29. The molecule has 0 radical (unpaired) electrons. The maximum Gasteiger partial charge on any atom is 0.259 e. The van der Waals surface area contributed by atoms with Crippen molar-refractivity contribution in [3.05, 3.63) is 83.6 Å². The Morgan fingerprint density at radius 1 is 1.06 bits per heavy atom. The van der Waals surface area contributed by atoms with Gasteiger partial charge >= 0.3 is 0 Å². The number of hydrogen-bond donors (Lipinski definition) is 1. The lowest BCUT2D eigenvalue weighted by atomic mass is 10.1. The fourth-order valence-electron chi connectivity index (χ4n) is 3.70. The number of ether oxygens (including phenoxy) is 1. The highest BCUT2D eigenvalue weighted by Gasteiger charge is 2.26. The van der Waals surface area contributed by atoms with Crippen molar-refractivity contribution in [3.63, 3.8) is 0 Å². The SMILES string of the molecule is O=C(Nc1ccc(Cl)c(-c2ccc3cnccc3n2)c1)c1ccc(N2CCOCS2(=O)=O)cc1. The molecule has 5 rings (SSSR count). The number of halogens is 1. The van der Waals surface area contributed by atoms with Crippen LogP contribution in [0, 0.1) is 0 Å². The molecule has 0 saturated carbocycles. The molecule has 4 aromatic rings. The molecule has 0 spiro atoms. The third kappa shape index (κ3) is 4.45. The van der Waals surface area contributed by atoms with E-state index in [2.05, 4.69) is 15.3 Å². The zero-order valence-corrected chi connectivity index (χ0v) is 19.4. The molecule has 1 fully saturated rings. The lowest BCUT2D eigenvalue weighted by Gasteiger charge is -2.28. The molecule has 8 nitrogen and oxygen atoms in total. The number of nitrogens with zero attached hydrogens (tertiary/aromatic N) is 3. The molecule has 1 aliphatic heterocycles. The monoisotopic (exact) mass is 494 g/mol. The molecule has 34 heavy (non-hydrogen) atoms. The molecule has 172 valence electrons. The Bertz CT molecular complexity index is 1490. The van der Waals surface area contributed by atoms with Crippen molar-refractivity contribution in [1.82, 2.24) is 9.97 Å². The first-order valence-corrected chi connectivity index (χ1v) is 12.4. The number of fused-ring (bicyclic) bond motifs is 1. The normalized spacial score (nSPS) is 15.3. The van der Waals surface area contributed by atoms with Crippen molar-refractivity contribution in [2.24, 2.45) is 0 Å². The third-order valence-corrected chi connectivity index (χ3v) is 7.27. The van der Waals surface area contributed by atoms with Gasteiger partial charge in [0.25, 0.3) is 15.9 Å². The molecule has 2 aromatic carbocycles. The molecule has 1 saturated heterocycles. The summed E-state index contributed by atoms with van der Waals surface area (Å²) >= 11 is 6.42. The van der Waals surface area contributed by atoms with Gasteiger partial charge in [-0.1, -0.05) is 11.6 Å². The third-order valence-electron chi connectivity index (χ3n) is 5.41.